The van der Waals surface area contributed by atoms with Crippen molar-refractivity contribution in [1.82, 2.24) is 9.88 Å². The minimum Gasteiger partial charge on any atom is -0.390 e. The van der Waals surface area contributed by atoms with Gasteiger partial charge in [0.05, 0.1) is 5.60 Å². The van der Waals surface area contributed by atoms with Crippen LogP contribution in [0.4, 0.5) is 0 Å². The Morgan fingerprint density at radius 1 is 1.03 bits per heavy atom. The summed E-state index contributed by atoms with van der Waals surface area (Å²) in [6.07, 6.45) is 14.2. The highest BCUT2D eigenvalue weighted by atomic mass is 16.3. The maximum Gasteiger partial charge on any atom is 0.226 e. The largest absolute Gasteiger partial charge is 0.390 e. The lowest BCUT2D eigenvalue weighted by molar-refractivity contribution is -0.143. The van der Waals surface area contributed by atoms with Crippen LogP contribution in [0.3, 0.4) is 0 Å². The van der Waals surface area contributed by atoms with E-state index < -0.39 is 5.60 Å². The first-order valence-electron chi connectivity index (χ1n) is 12.6. The molecule has 4 aliphatic rings. The summed E-state index contributed by atoms with van der Waals surface area (Å²) >= 11 is 0. The van der Waals surface area contributed by atoms with Gasteiger partial charge in [0.15, 0.2) is 0 Å². The molecule has 4 nitrogen and oxygen atoms in total. The SMILES string of the molecule is CN(Cc1ccncc1)C(=O)[C@H]1CC[C@H]2[C@@H]3CC[C@@H]4C[C@](C)(O)CC[C@@H]4[C@H]3CC[C@]12C. The molecule has 4 saturated carbocycles. The number of nitrogens with zero attached hydrogens (tertiary/aromatic N) is 2. The molecule has 8 atom stereocenters. The average Bonchev–Trinajstić information content (AvgIpc) is 3.10. The first kappa shape index (κ1) is 21.4. The number of fused-ring (bicyclic) bond motifs is 5. The number of carbonyl (C=O) groups is 1. The lowest BCUT2D eigenvalue weighted by Crippen LogP contribution is -2.51. The van der Waals surface area contributed by atoms with Gasteiger partial charge in [0.1, 0.15) is 0 Å². The Morgan fingerprint density at radius 2 is 1.77 bits per heavy atom. The molecule has 1 heterocycles. The van der Waals surface area contributed by atoms with Crippen LogP contribution in [-0.2, 0) is 11.3 Å². The number of hydrogen-bond donors (Lipinski definition) is 1. The fraction of sp³-hybridized carbons (Fsp3) is 0.778. The van der Waals surface area contributed by atoms with E-state index >= 15 is 0 Å². The molecule has 1 aromatic rings. The third-order valence-corrected chi connectivity index (χ3v) is 10.1. The maximum absolute atomic E-state index is 13.6. The average molecular weight is 425 g/mol. The van der Waals surface area contributed by atoms with Crippen LogP contribution in [-0.4, -0.2) is 33.5 Å². The number of hydrogen-bond acceptors (Lipinski definition) is 3. The minimum absolute atomic E-state index is 0.164. The summed E-state index contributed by atoms with van der Waals surface area (Å²) in [5, 5.41) is 10.6. The lowest BCUT2D eigenvalue weighted by Gasteiger charge is -2.57. The molecule has 5 rings (SSSR count). The molecule has 170 valence electrons. The third kappa shape index (κ3) is 3.73. The summed E-state index contributed by atoms with van der Waals surface area (Å²) in [6, 6.07) is 4.02. The van der Waals surface area contributed by atoms with Crippen molar-refractivity contribution in [1.29, 1.82) is 0 Å². The van der Waals surface area contributed by atoms with Gasteiger partial charge in [-0.25, -0.2) is 0 Å². The minimum atomic E-state index is -0.443. The standard InChI is InChI=1S/C27H40N2O2/c1-26(31)12-8-20-19(16-26)4-5-22-21(20)9-13-27(2)23(22)6-7-24(27)25(30)29(3)17-18-10-14-28-15-11-18/h10-11,14-15,19-24,31H,4-9,12-13,16-17H2,1-3H3/t19-,20+,21-,22-,23+,24-,26-,27+/m1/s1. The molecule has 1 N–H and O–H groups in total. The van der Waals surface area contributed by atoms with E-state index in [1.807, 2.05) is 43.4 Å². The molecule has 0 aromatic carbocycles. The van der Waals surface area contributed by atoms with Crippen molar-refractivity contribution in [3.05, 3.63) is 30.1 Å². The number of aromatic nitrogens is 1. The van der Waals surface area contributed by atoms with Crippen molar-refractivity contribution in [3.8, 4) is 0 Å². The maximum atomic E-state index is 13.6. The van der Waals surface area contributed by atoms with Crippen molar-refractivity contribution < 1.29 is 9.90 Å². The summed E-state index contributed by atoms with van der Waals surface area (Å²) < 4.78 is 0. The Hall–Kier alpha value is -1.42. The monoisotopic (exact) mass is 424 g/mol. The van der Waals surface area contributed by atoms with E-state index in [1.165, 1.54) is 38.5 Å². The normalized spacial score (nSPS) is 44.1. The summed E-state index contributed by atoms with van der Waals surface area (Å²) in [5.74, 6) is 4.39. The van der Waals surface area contributed by atoms with Gasteiger partial charge in [-0.15, -0.1) is 0 Å². The summed E-state index contributed by atoms with van der Waals surface area (Å²) in [6.45, 7) is 5.17. The zero-order valence-electron chi connectivity index (χ0n) is 19.6. The van der Waals surface area contributed by atoms with Gasteiger partial charge in [0.25, 0.3) is 0 Å². The number of aliphatic hydroxyl groups is 1. The Bertz CT molecular complexity index is 809. The van der Waals surface area contributed by atoms with Gasteiger partial charge in [-0.1, -0.05) is 6.92 Å². The molecule has 4 heteroatoms. The lowest BCUT2D eigenvalue weighted by atomic mass is 9.49. The molecule has 0 saturated heterocycles. The quantitative estimate of drug-likeness (QED) is 0.738. The number of rotatable bonds is 3. The Morgan fingerprint density at radius 3 is 2.55 bits per heavy atom. The van der Waals surface area contributed by atoms with Gasteiger partial charge >= 0.3 is 0 Å². The Kier molecular flexibility index (Phi) is 5.44. The zero-order valence-corrected chi connectivity index (χ0v) is 19.6. The topological polar surface area (TPSA) is 53.4 Å². The second kappa shape index (κ2) is 7.86. The highest BCUT2D eigenvalue weighted by Gasteiger charge is 2.59. The predicted octanol–water partition coefficient (Wildman–Crippen LogP) is 5.06. The van der Waals surface area contributed by atoms with Crippen LogP contribution in [0.2, 0.25) is 0 Å². The summed E-state index contributed by atoms with van der Waals surface area (Å²) in [5.41, 5.74) is 0.875. The fourth-order valence-electron chi connectivity index (χ4n) is 8.59. The van der Waals surface area contributed by atoms with Crippen molar-refractivity contribution >= 4 is 5.91 Å². The van der Waals surface area contributed by atoms with E-state index in [1.54, 1.807) is 0 Å². The first-order chi connectivity index (χ1) is 14.8. The van der Waals surface area contributed by atoms with Gasteiger partial charge in [0.2, 0.25) is 5.91 Å². The van der Waals surface area contributed by atoms with Gasteiger partial charge in [-0.05, 0) is 117 Å². The van der Waals surface area contributed by atoms with Crippen LogP contribution < -0.4 is 0 Å². The Balaban J connectivity index is 1.29. The molecule has 1 amide bonds. The van der Waals surface area contributed by atoms with Crippen LogP contribution in [0.5, 0.6) is 0 Å². The molecule has 4 aliphatic carbocycles. The van der Waals surface area contributed by atoms with Crippen molar-refractivity contribution in [2.24, 2.45) is 40.9 Å². The second-order valence-electron chi connectivity index (χ2n) is 11.9. The molecule has 0 radical (unpaired) electrons. The van der Waals surface area contributed by atoms with E-state index in [0.29, 0.717) is 18.4 Å². The molecular formula is C27H40N2O2. The van der Waals surface area contributed by atoms with Crippen LogP contribution in [0.15, 0.2) is 24.5 Å². The molecule has 0 unspecified atom stereocenters. The van der Waals surface area contributed by atoms with Crippen LogP contribution in [0.25, 0.3) is 0 Å². The third-order valence-electron chi connectivity index (χ3n) is 10.1. The van der Waals surface area contributed by atoms with E-state index in [9.17, 15) is 9.90 Å². The highest BCUT2D eigenvalue weighted by molar-refractivity contribution is 5.80. The molecular weight excluding hydrogens is 384 g/mol. The zero-order chi connectivity index (χ0) is 21.8. The van der Waals surface area contributed by atoms with Gasteiger partial charge < -0.3 is 10.0 Å². The van der Waals surface area contributed by atoms with E-state index in [4.69, 9.17) is 0 Å². The van der Waals surface area contributed by atoms with Crippen LogP contribution in [0, 0.1) is 40.9 Å². The molecule has 0 spiro atoms. The summed E-state index contributed by atoms with van der Waals surface area (Å²) in [4.78, 5) is 19.6. The van der Waals surface area contributed by atoms with Gasteiger partial charge in [-0.3, -0.25) is 9.78 Å². The molecule has 0 aliphatic heterocycles. The molecule has 31 heavy (non-hydrogen) atoms. The number of pyridine rings is 1. The fourth-order valence-corrected chi connectivity index (χ4v) is 8.59. The van der Waals surface area contributed by atoms with Crippen LogP contribution in [0.1, 0.15) is 77.2 Å². The van der Waals surface area contributed by atoms with E-state index in [-0.39, 0.29) is 11.3 Å². The predicted molar refractivity (Wildman–Crippen MR) is 122 cm³/mol. The second-order valence-corrected chi connectivity index (χ2v) is 11.9. The number of carbonyl (C=O) groups excluding carboxylic acids is 1. The van der Waals surface area contributed by atoms with Crippen molar-refractivity contribution in [2.75, 3.05) is 7.05 Å². The molecule has 1 aromatic heterocycles. The molecule has 4 fully saturated rings. The molecule has 0 bridgehead atoms. The summed E-state index contributed by atoms with van der Waals surface area (Å²) in [7, 11) is 1.98. The van der Waals surface area contributed by atoms with Crippen molar-refractivity contribution in [2.45, 2.75) is 83.8 Å². The van der Waals surface area contributed by atoms with Crippen molar-refractivity contribution in [3.63, 3.8) is 0 Å². The highest BCUT2D eigenvalue weighted by Crippen LogP contribution is 2.64. The Labute approximate surface area is 187 Å². The smallest absolute Gasteiger partial charge is 0.226 e. The van der Waals surface area contributed by atoms with Crippen LogP contribution >= 0.6 is 0 Å². The van der Waals surface area contributed by atoms with Gasteiger partial charge in [-0.2, -0.15) is 0 Å². The van der Waals surface area contributed by atoms with E-state index in [0.717, 1.165) is 48.5 Å². The van der Waals surface area contributed by atoms with E-state index in [2.05, 4.69) is 11.9 Å². The number of amides is 1. The first-order valence-corrected chi connectivity index (χ1v) is 12.6. The van der Waals surface area contributed by atoms with Gasteiger partial charge in [0, 0.05) is 31.9 Å².